The van der Waals surface area contributed by atoms with E-state index in [9.17, 15) is 14.7 Å². The standard InChI is InChI=1S/C29H43ClN4O3/c1-18(2)27(35)24-17-33(25-13-12-21(30)15-23(24)25)16-22-11-8-14-34(22)29(37)26(20-9-6-5-7-10-20)32-28(36)19(3)31-4/h12-13,15,17-20,22,26,29,31,37H,5-11,14,16H2,1-4H3,(H,32,36)/t19-,22-,26-,29?/m0/s1. The van der Waals surface area contributed by atoms with E-state index in [0.29, 0.717) is 17.1 Å². The highest BCUT2D eigenvalue weighted by molar-refractivity contribution is 6.31. The molecule has 2 aliphatic rings. The number of amides is 1. The molecule has 37 heavy (non-hydrogen) atoms. The molecule has 4 atom stereocenters. The van der Waals surface area contributed by atoms with Crippen LogP contribution < -0.4 is 10.6 Å². The van der Waals surface area contributed by atoms with Gasteiger partial charge in [0.05, 0.1) is 12.1 Å². The maximum absolute atomic E-state index is 13.0. The zero-order valence-electron chi connectivity index (χ0n) is 22.7. The van der Waals surface area contributed by atoms with Crippen LogP contribution in [0.1, 0.15) is 76.1 Å². The molecular weight excluding hydrogens is 488 g/mol. The van der Waals surface area contributed by atoms with E-state index in [4.69, 9.17) is 11.6 Å². The van der Waals surface area contributed by atoms with Crippen molar-refractivity contribution in [1.29, 1.82) is 0 Å². The number of hydrogen-bond donors (Lipinski definition) is 3. The monoisotopic (exact) mass is 530 g/mol. The molecule has 7 nitrogen and oxygen atoms in total. The van der Waals surface area contributed by atoms with Crippen molar-refractivity contribution in [3.05, 3.63) is 35.0 Å². The minimum Gasteiger partial charge on any atom is -0.376 e. The summed E-state index contributed by atoms with van der Waals surface area (Å²) in [5.41, 5.74) is 1.68. The van der Waals surface area contributed by atoms with Crippen LogP contribution >= 0.6 is 11.6 Å². The molecule has 1 saturated carbocycles. The summed E-state index contributed by atoms with van der Waals surface area (Å²) in [5, 5.41) is 19.5. The molecule has 1 amide bonds. The zero-order valence-corrected chi connectivity index (χ0v) is 23.4. The third-order valence-corrected chi connectivity index (χ3v) is 8.65. The second kappa shape index (κ2) is 12.3. The van der Waals surface area contributed by atoms with Gasteiger partial charge in [-0.1, -0.05) is 44.7 Å². The second-order valence-electron chi connectivity index (χ2n) is 11.3. The molecule has 2 heterocycles. The second-order valence-corrected chi connectivity index (χ2v) is 11.7. The number of nitrogens with one attached hydrogen (secondary N) is 2. The molecule has 1 aliphatic carbocycles. The molecule has 204 valence electrons. The van der Waals surface area contributed by atoms with Gasteiger partial charge in [-0.15, -0.1) is 0 Å². The number of ketones is 1. The number of aliphatic hydroxyl groups is 1. The average molecular weight is 531 g/mol. The van der Waals surface area contributed by atoms with Crippen molar-refractivity contribution in [2.75, 3.05) is 13.6 Å². The van der Waals surface area contributed by atoms with E-state index in [1.54, 1.807) is 7.05 Å². The van der Waals surface area contributed by atoms with E-state index in [0.717, 1.165) is 56.0 Å². The Morgan fingerprint density at radius 1 is 1.11 bits per heavy atom. The summed E-state index contributed by atoms with van der Waals surface area (Å²) in [6, 6.07) is 5.21. The highest BCUT2D eigenvalue weighted by Gasteiger charge is 2.39. The average Bonchev–Trinajstić information content (AvgIpc) is 3.50. The Labute approximate surface area is 225 Å². The van der Waals surface area contributed by atoms with Crippen LogP contribution in [0.25, 0.3) is 10.9 Å². The van der Waals surface area contributed by atoms with E-state index < -0.39 is 6.23 Å². The van der Waals surface area contributed by atoms with Crippen LogP contribution in [0.2, 0.25) is 5.02 Å². The predicted octanol–water partition coefficient (Wildman–Crippen LogP) is 4.59. The van der Waals surface area contributed by atoms with E-state index in [1.165, 1.54) is 6.42 Å². The molecule has 8 heteroatoms. The number of halogens is 1. The van der Waals surface area contributed by atoms with Gasteiger partial charge in [-0.3, -0.25) is 14.5 Å². The van der Waals surface area contributed by atoms with Crippen molar-refractivity contribution in [2.24, 2.45) is 11.8 Å². The van der Waals surface area contributed by atoms with Gasteiger partial charge in [0.1, 0.15) is 6.23 Å². The molecule has 1 aliphatic heterocycles. The van der Waals surface area contributed by atoms with Crippen molar-refractivity contribution in [3.8, 4) is 0 Å². The number of nitrogens with zero attached hydrogens (tertiary/aromatic N) is 2. The lowest BCUT2D eigenvalue weighted by atomic mass is 9.82. The highest BCUT2D eigenvalue weighted by atomic mass is 35.5. The van der Waals surface area contributed by atoms with Crippen LogP contribution in [0.3, 0.4) is 0 Å². The predicted molar refractivity (Wildman–Crippen MR) is 149 cm³/mol. The first-order chi connectivity index (χ1) is 17.7. The van der Waals surface area contributed by atoms with Gasteiger partial charge in [0.25, 0.3) is 0 Å². The van der Waals surface area contributed by atoms with Gasteiger partial charge >= 0.3 is 0 Å². The van der Waals surface area contributed by atoms with E-state index >= 15 is 0 Å². The zero-order chi connectivity index (χ0) is 26.7. The maximum atomic E-state index is 13.0. The Hall–Kier alpha value is -1.93. The first-order valence-corrected chi connectivity index (χ1v) is 14.3. The molecule has 1 aromatic carbocycles. The summed E-state index contributed by atoms with van der Waals surface area (Å²) in [4.78, 5) is 28.0. The molecule has 2 aromatic rings. The summed E-state index contributed by atoms with van der Waals surface area (Å²) in [5.74, 6) is 0.191. The minimum absolute atomic E-state index is 0.0713. The van der Waals surface area contributed by atoms with Crippen molar-refractivity contribution in [2.45, 2.75) is 96.6 Å². The number of carbonyl (C=O) groups is 2. The van der Waals surface area contributed by atoms with Gasteiger partial charge in [0.15, 0.2) is 5.78 Å². The van der Waals surface area contributed by atoms with Crippen LogP contribution in [0.15, 0.2) is 24.4 Å². The Morgan fingerprint density at radius 3 is 2.51 bits per heavy atom. The van der Waals surface area contributed by atoms with Crippen LogP contribution in [-0.2, 0) is 11.3 Å². The number of hydrogen-bond acceptors (Lipinski definition) is 5. The number of aliphatic hydroxyl groups excluding tert-OH is 1. The summed E-state index contributed by atoms with van der Waals surface area (Å²) in [6.07, 6.45) is 8.69. The van der Waals surface area contributed by atoms with Crippen molar-refractivity contribution in [1.82, 2.24) is 20.1 Å². The summed E-state index contributed by atoms with van der Waals surface area (Å²) in [7, 11) is 1.78. The van der Waals surface area contributed by atoms with Crippen molar-refractivity contribution in [3.63, 3.8) is 0 Å². The number of fused-ring (bicyclic) bond motifs is 1. The quantitative estimate of drug-likeness (QED) is 0.391. The van der Waals surface area contributed by atoms with Gasteiger partial charge in [-0.25, -0.2) is 0 Å². The number of Topliss-reactive ketones (excluding diaryl/α,β-unsaturated/α-hetero) is 1. The molecule has 1 unspecified atom stereocenters. The molecule has 0 bridgehead atoms. The van der Waals surface area contributed by atoms with Crippen LogP contribution in [0.4, 0.5) is 0 Å². The fraction of sp³-hybridized carbons (Fsp3) is 0.655. The van der Waals surface area contributed by atoms with Gasteiger partial charge in [-0.05, 0) is 63.8 Å². The van der Waals surface area contributed by atoms with Crippen molar-refractivity contribution >= 4 is 34.2 Å². The molecule has 2 fully saturated rings. The lowest BCUT2D eigenvalue weighted by Crippen LogP contribution is -2.59. The Bertz CT molecular complexity index is 1090. The normalized spacial score (nSPS) is 21.9. The number of rotatable bonds is 10. The molecular formula is C29H43ClN4O3. The van der Waals surface area contributed by atoms with E-state index in [2.05, 4.69) is 20.1 Å². The lowest BCUT2D eigenvalue weighted by Gasteiger charge is -2.40. The molecule has 0 radical (unpaired) electrons. The highest BCUT2D eigenvalue weighted by Crippen LogP contribution is 2.33. The first kappa shape index (κ1) is 28.1. The smallest absolute Gasteiger partial charge is 0.237 e. The fourth-order valence-electron chi connectivity index (χ4n) is 6.11. The summed E-state index contributed by atoms with van der Waals surface area (Å²) >= 11 is 6.30. The van der Waals surface area contributed by atoms with Crippen LogP contribution in [-0.4, -0.2) is 64.2 Å². The maximum Gasteiger partial charge on any atom is 0.237 e. The van der Waals surface area contributed by atoms with Gasteiger partial charge in [0, 0.05) is 52.7 Å². The first-order valence-electron chi connectivity index (χ1n) is 13.9. The van der Waals surface area contributed by atoms with Crippen molar-refractivity contribution < 1.29 is 14.7 Å². The van der Waals surface area contributed by atoms with Gasteiger partial charge in [-0.2, -0.15) is 0 Å². The molecule has 1 saturated heterocycles. The molecule has 3 N–H and O–H groups in total. The Kier molecular flexibility index (Phi) is 9.33. The fourth-order valence-corrected chi connectivity index (χ4v) is 6.28. The van der Waals surface area contributed by atoms with E-state index in [-0.39, 0.29) is 41.7 Å². The van der Waals surface area contributed by atoms with Crippen LogP contribution in [0, 0.1) is 11.8 Å². The molecule has 0 spiro atoms. The van der Waals surface area contributed by atoms with Gasteiger partial charge in [0.2, 0.25) is 5.91 Å². The Morgan fingerprint density at radius 2 is 1.84 bits per heavy atom. The van der Waals surface area contributed by atoms with Gasteiger partial charge < -0.3 is 20.3 Å². The Balaban J connectivity index is 1.59. The van der Waals surface area contributed by atoms with E-state index in [1.807, 2.05) is 45.2 Å². The third-order valence-electron chi connectivity index (χ3n) is 8.42. The minimum atomic E-state index is -0.753. The third kappa shape index (κ3) is 6.22. The molecule has 1 aromatic heterocycles. The topological polar surface area (TPSA) is 86.6 Å². The largest absolute Gasteiger partial charge is 0.376 e. The van der Waals surface area contributed by atoms with Crippen LogP contribution in [0.5, 0.6) is 0 Å². The number of likely N-dealkylation sites (tertiary alicyclic amines) is 1. The number of carbonyl (C=O) groups excluding carboxylic acids is 2. The summed E-state index contributed by atoms with van der Waals surface area (Å²) in [6.45, 7) is 7.13. The SMILES string of the molecule is CN[C@@H](C)C(=O)N[C@@H](C1CCCCC1)C(O)N1CCC[C@H]1Cn1cc(C(=O)C(C)C)c2cc(Cl)ccc21. The molecule has 4 rings (SSSR count). The number of likely N-dealkylation sites (N-methyl/N-ethyl adjacent to an activating group) is 1. The number of aromatic nitrogens is 1. The summed E-state index contributed by atoms with van der Waals surface area (Å²) < 4.78 is 2.15. The number of benzene rings is 1. The lowest BCUT2D eigenvalue weighted by molar-refractivity contribution is -0.127.